The molecule has 3 heteroatoms. The molecule has 0 saturated heterocycles. The van der Waals surface area contributed by atoms with Crippen LogP contribution in [0.2, 0.25) is 0 Å². The molecule has 84 valence electrons. The van der Waals surface area contributed by atoms with Gasteiger partial charge in [-0.3, -0.25) is 0 Å². The Hall–Kier alpha value is -0.540. The molecule has 0 aliphatic carbocycles. The summed E-state index contributed by atoms with van der Waals surface area (Å²) < 4.78 is 5.52. The van der Waals surface area contributed by atoms with Gasteiger partial charge in [0.1, 0.15) is 5.75 Å². The van der Waals surface area contributed by atoms with Crippen LogP contribution in [0.3, 0.4) is 0 Å². The zero-order valence-corrected chi connectivity index (χ0v) is 10.5. The molecule has 0 radical (unpaired) electrons. The van der Waals surface area contributed by atoms with Crippen molar-refractivity contribution in [3.63, 3.8) is 0 Å². The summed E-state index contributed by atoms with van der Waals surface area (Å²) in [6, 6.07) is 7.59. The van der Waals surface area contributed by atoms with Gasteiger partial charge in [0.25, 0.3) is 0 Å². The molecule has 1 N–H and O–H groups in total. The van der Waals surface area contributed by atoms with Gasteiger partial charge in [-0.25, -0.2) is 0 Å². The number of unbranched alkanes of at least 4 members (excludes halogenated alkanes) is 1. The van der Waals surface area contributed by atoms with E-state index in [-0.39, 0.29) is 0 Å². The zero-order valence-electron chi connectivity index (χ0n) is 8.95. The standard InChI is InChI=1S/C12H17BrO2/c1-2-3-8-15-11-6-4-10(5-7-11)12(14)9-13/h4-7,12,14H,2-3,8-9H2,1H3. The number of hydrogen-bond acceptors (Lipinski definition) is 2. The lowest BCUT2D eigenvalue weighted by molar-refractivity contribution is 0.205. The van der Waals surface area contributed by atoms with Crippen molar-refractivity contribution in [1.82, 2.24) is 0 Å². The Kier molecular flexibility index (Phi) is 5.73. The number of benzene rings is 1. The second-order valence-electron chi connectivity index (χ2n) is 3.44. The molecule has 15 heavy (non-hydrogen) atoms. The van der Waals surface area contributed by atoms with Gasteiger partial charge in [-0.2, -0.15) is 0 Å². The molecule has 1 atom stereocenters. The van der Waals surface area contributed by atoms with E-state index in [9.17, 15) is 5.11 Å². The molecule has 2 nitrogen and oxygen atoms in total. The number of rotatable bonds is 6. The van der Waals surface area contributed by atoms with Crippen molar-refractivity contribution in [1.29, 1.82) is 0 Å². The molecule has 0 aromatic heterocycles. The van der Waals surface area contributed by atoms with Crippen molar-refractivity contribution in [2.75, 3.05) is 11.9 Å². The minimum atomic E-state index is -0.435. The van der Waals surface area contributed by atoms with Crippen LogP contribution in [0, 0.1) is 0 Å². The largest absolute Gasteiger partial charge is 0.494 e. The van der Waals surface area contributed by atoms with Crippen molar-refractivity contribution in [3.05, 3.63) is 29.8 Å². The molecule has 0 amide bonds. The molecule has 1 unspecified atom stereocenters. The Balaban J connectivity index is 2.49. The maximum Gasteiger partial charge on any atom is 0.119 e. The Bertz CT molecular complexity index is 271. The molecule has 1 aromatic rings. The van der Waals surface area contributed by atoms with Crippen molar-refractivity contribution in [2.45, 2.75) is 25.9 Å². The number of halogens is 1. The van der Waals surface area contributed by atoms with Crippen LogP contribution in [-0.2, 0) is 0 Å². The molecule has 1 aromatic carbocycles. The zero-order chi connectivity index (χ0) is 11.1. The van der Waals surface area contributed by atoms with E-state index in [2.05, 4.69) is 22.9 Å². The number of ether oxygens (including phenoxy) is 1. The highest BCUT2D eigenvalue weighted by Gasteiger charge is 2.04. The van der Waals surface area contributed by atoms with Crippen molar-refractivity contribution in [3.8, 4) is 5.75 Å². The summed E-state index contributed by atoms with van der Waals surface area (Å²) >= 11 is 3.24. The molecule has 1 rings (SSSR count). The van der Waals surface area contributed by atoms with Crippen LogP contribution in [0.15, 0.2) is 24.3 Å². The van der Waals surface area contributed by atoms with E-state index < -0.39 is 6.10 Å². The van der Waals surface area contributed by atoms with E-state index in [4.69, 9.17) is 4.74 Å². The monoisotopic (exact) mass is 272 g/mol. The highest BCUT2D eigenvalue weighted by atomic mass is 79.9. The molecule has 0 heterocycles. The summed E-state index contributed by atoms with van der Waals surface area (Å²) in [5.74, 6) is 0.869. The van der Waals surface area contributed by atoms with Gasteiger partial charge in [-0.15, -0.1) is 0 Å². The molecular weight excluding hydrogens is 256 g/mol. The van der Waals surface area contributed by atoms with Crippen LogP contribution in [0.4, 0.5) is 0 Å². The summed E-state index contributed by atoms with van der Waals surface area (Å²) in [5, 5.41) is 10.1. The highest BCUT2D eigenvalue weighted by Crippen LogP contribution is 2.19. The third kappa shape index (κ3) is 4.22. The van der Waals surface area contributed by atoms with Gasteiger partial charge >= 0.3 is 0 Å². The lowest BCUT2D eigenvalue weighted by Gasteiger charge is -2.09. The molecule has 0 fully saturated rings. The van der Waals surface area contributed by atoms with E-state index in [0.717, 1.165) is 30.8 Å². The quantitative estimate of drug-likeness (QED) is 0.636. The summed E-state index contributed by atoms with van der Waals surface area (Å²) in [7, 11) is 0. The van der Waals surface area contributed by atoms with Crippen LogP contribution in [-0.4, -0.2) is 17.0 Å². The number of hydrogen-bond donors (Lipinski definition) is 1. The first-order valence-corrected chi connectivity index (χ1v) is 6.37. The molecule has 0 aliphatic heterocycles. The molecule has 0 spiro atoms. The summed E-state index contributed by atoms with van der Waals surface area (Å²) in [6.07, 6.45) is 1.78. The lowest BCUT2D eigenvalue weighted by Crippen LogP contribution is -1.99. The van der Waals surface area contributed by atoms with Crippen LogP contribution >= 0.6 is 15.9 Å². The first kappa shape index (κ1) is 12.5. The average molecular weight is 273 g/mol. The predicted octanol–water partition coefficient (Wildman–Crippen LogP) is 3.29. The van der Waals surface area contributed by atoms with Crippen LogP contribution in [0.5, 0.6) is 5.75 Å². The molecular formula is C12H17BrO2. The highest BCUT2D eigenvalue weighted by molar-refractivity contribution is 9.09. The number of aliphatic hydroxyl groups excluding tert-OH is 1. The summed E-state index contributed by atoms with van der Waals surface area (Å²) in [5.41, 5.74) is 0.912. The van der Waals surface area contributed by atoms with Crippen LogP contribution < -0.4 is 4.74 Å². The van der Waals surface area contributed by atoms with Gasteiger partial charge in [0, 0.05) is 5.33 Å². The van der Waals surface area contributed by atoms with E-state index in [1.807, 2.05) is 24.3 Å². The fourth-order valence-corrected chi connectivity index (χ4v) is 1.58. The normalized spacial score (nSPS) is 12.5. The Labute approximate surface area is 99.4 Å². The Morgan fingerprint density at radius 1 is 1.33 bits per heavy atom. The van der Waals surface area contributed by atoms with E-state index in [1.165, 1.54) is 0 Å². The van der Waals surface area contributed by atoms with Crippen LogP contribution in [0.25, 0.3) is 0 Å². The van der Waals surface area contributed by atoms with Crippen molar-refractivity contribution in [2.24, 2.45) is 0 Å². The summed E-state index contributed by atoms with van der Waals surface area (Å²) in [4.78, 5) is 0. The maximum absolute atomic E-state index is 9.55. The van der Waals surface area contributed by atoms with E-state index >= 15 is 0 Å². The van der Waals surface area contributed by atoms with Crippen molar-refractivity contribution >= 4 is 15.9 Å². The van der Waals surface area contributed by atoms with Crippen molar-refractivity contribution < 1.29 is 9.84 Å². The smallest absolute Gasteiger partial charge is 0.119 e. The minimum Gasteiger partial charge on any atom is -0.494 e. The summed E-state index contributed by atoms with van der Waals surface area (Å²) in [6.45, 7) is 2.90. The lowest BCUT2D eigenvalue weighted by atomic mass is 10.1. The fraction of sp³-hybridized carbons (Fsp3) is 0.500. The second kappa shape index (κ2) is 6.85. The Morgan fingerprint density at radius 3 is 2.53 bits per heavy atom. The topological polar surface area (TPSA) is 29.5 Å². The Morgan fingerprint density at radius 2 is 2.00 bits per heavy atom. The van der Waals surface area contributed by atoms with Gasteiger partial charge in [-0.1, -0.05) is 41.4 Å². The maximum atomic E-state index is 9.55. The van der Waals surface area contributed by atoms with E-state index in [0.29, 0.717) is 5.33 Å². The number of alkyl halides is 1. The van der Waals surface area contributed by atoms with Gasteiger partial charge < -0.3 is 9.84 Å². The first-order valence-electron chi connectivity index (χ1n) is 5.24. The molecule has 0 bridgehead atoms. The van der Waals surface area contributed by atoms with Gasteiger partial charge in [0.05, 0.1) is 12.7 Å². The SMILES string of the molecule is CCCCOc1ccc(C(O)CBr)cc1. The van der Waals surface area contributed by atoms with Crippen LogP contribution in [0.1, 0.15) is 31.4 Å². The predicted molar refractivity (Wildman–Crippen MR) is 65.6 cm³/mol. The third-order valence-corrected chi connectivity index (χ3v) is 2.79. The number of aliphatic hydroxyl groups is 1. The fourth-order valence-electron chi connectivity index (χ4n) is 1.21. The molecule has 0 aliphatic rings. The third-order valence-electron chi connectivity index (χ3n) is 2.18. The average Bonchev–Trinajstić information content (AvgIpc) is 2.29. The van der Waals surface area contributed by atoms with Gasteiger partial charge in [0.2, 0.25) is 0 Å². The van der Waals surface area contributed by atoms with E-state index in [1.54, 1.807) is 0 Å². The second-order valence-corrected chi connectivity index (χ2v) is 4.09. The van der Waals surface area contributed by atoms with Gasteiger partial charge in [0.15, 0.2) is 0 Å². The van der Waals surface area contributed by atoms with Gasteiger partial charge in [-0.05, 0) is 24.1 Å². The minimum absolute atomic E-state index is 0.435. The molecule has 0 saturated carbocycles. The first-order chi connectivity index (χ1) is 7.27.